The standard InChI is InChI=1S/C18H26F3N3O3S/c1-14-5-2-3-11-24(14)12-4-10-23-28(26,27)16-8-6-15(7-9-16)17(25)22-13-18(19,20)21/h6-9,14,23H,2-5,10-13H2,1H3,(H,22,25). The Kier molecular flexibility index (Phi) is 7.85. The van der Waals surface area contributed by atoms with Gasteiger partial charge in [0.1, 0.15) is 6.54 Å². The van der Waals surface area contributed by atoms with E-state index in [4.69, 9.17) is 0 Å². The van der Waals surface area contributed by atoms with Crippen LogP contribution in [0.2, 0.25) is 0 Å². The quantitative estimate of drug-likeness (QED) is 0.633. The highest BCUT2D eigenvalue weighted by molar-refractivity contribution is 7.89. The summed E-state index contributed by atoms with van der Waals surface area (Å²) < 4.78 is 63.5. The van der Waals surface area contributed by atoms with Gasteiger partial charge < -0.3 is 10.2 Å². The molecule has 1 atom stereocenters. The van der Waals surface area contributed by atoms with E-state index in [9.17, 15) is 26.4 Å². The minimum Gasteiger partial charge on any atom is -0.343 e. The van der Waals surface area contributed by atoms with E-state index in [1.807, 2.05) is 0 Å². The van der Waals surface area contributed by atoms with Crippen LogP contribution in [0.1, 0.15) is 43.0 Å². The fourth-order valence-electron chi connectivity index (χ4n) is 3.13. The number of carbonyl (C=O) groups is 1. The summed E-state index contributed by atoms with van der Waals surface area (Å²) in [4.78, 5) is 14.0. The van der Waals surface area contributed by atoms with Gasteiger partial charge in [-0.15, -0.1) is 0 Å². The van der Waals surface area contributed by atoms with Crippen LogP contribution in [0.5, 0.6) is 0 Å². The molecule has 0 radical (unpaired) electrons. The Balaban J connectivity index is 1.83. The van der Waals surface area contributed by atoms with E-state index >= 15 is 0 Å². The Labute approximate surface area is 163 Å². The summed E-state index contributed by atoms with van der Waals surface area (Å²) in [6, 6.07) is 5.31. The average Bonchev–Trinajstić information content (AvgIpc) is 2.64. The lowest BCUT2D eigenvalue weighted by Crippen LogP contribution is -2.39. The molecule has 0 aromatic heterocycles. The van der Waals surface area contributed by atoms with Gasteiger partial charge in [0.2, 0.25) is 10.0 Å². The Hall–Kier alpha value is -1.65. The molecule has 0 saturated carbocycles. The molecule has 158 valence electrons. The molecule has 0 spiro atoms. The van der Waals surface area contributed by atoms with Crippen LogP contribution in [0.15, 0.2) is 29.2 Å². The average molecular weight is 421 g/mol. The Morgan fingerprint density at radius 1 is 1.21 bits per heavy atom. The smallest absolute Gasteiger partial charge is 0.343 e. The highest BCUT2D eigenvalue weighted by Crippen LogP contribution is 2.17. The van der Waals surface area contributed by atoms with E-state index in [1.165, 1.54) is 37.1 Å². The number of sulfonamides is 1. The number of likely N-dealkylation sites (tertiary alicyclic amines) is 1. The van der Waals surface area contributed by atoms with E-state index in [-0.39, 0.29) is 10.5 Å². The first-order valence-electron chi connectivity index (χ1n) is 9.27. The van der Waals surface area contributed by atoms with Gasteiger partial charge in [0, 0.05) is 18.2 Å². The number of nitrogens with zero attached hydrogens (tertiary/aromatic N) is 1. The summed E-state index contributed by atoms with van der Waals surface area (Å²) in [5, 5.41) is 1.74. The molecule has 6 nitrogen and oxygen atoms in total. The number of rotatable bonds is 8. The van der Waals surface area contributed by atoms with Crippen molar-refractivity contribution in [2.24, 2.45) is 0 Å². The second-order valence-electron chi connectivity index (χ2n) is 6.95. The molecule has 1 saturated heterocycles. The summed E-state index contributed by atoms with van der Waals surface area (Å²) in [7, 11) is -3.73. The molecule has 10 heteroatoms. The predicted molar refractivity (Wildman–Crippen MR) is 99.5 cm³/mol. The van der Waals surface area contributed by atoms with E-state index in [1.54, 1.807) is 5.32 Å². The maximum Gasteiger partial charge on any atom is 0.405 e. The van der Waals surface area contributed by atoms with Crippen molar-refractivity contribution in [3.8, 4) is 0 Å². The minimum atomic E-state index is -4.51. The third kappa shape index (κ3) is 7.06. The lowest BCUT2D eigenvalue weighted by Gasteiger charge is -2.33. The summed E-state index contributed by atoms with van der Waals surface area (Å²) >= 11 is 0. The van der Waals surface area contributed by atoms with Crippen molar-refractivity contribution < 1.29 is 26.4 Å². The molecule has 1 aliphatic rings. The molecule has 2 rings (SSSR count). The predicted octanol–water partition coefficient (Wildman–Crippen LogP) is 2.52. The summed E-state index contributed by atoms with van der Waals surface area (Å²) in [6.07, 6.45) is -0.265. The zero-order chi connectivity index (χ0) is 20.8. The molecule has 2 N–H and O–H groups in total. The third-order valence-corrected chi connectivity index (χ3v) is 6.21. The lowest BCUT2D eigenvalue weighted by atomic mass is 10.0. The van der Waals surface area contributed by atoms with Crippen LogP contribution in [0, 0.1) is 0 Å². The molecule has 1 unspecified atom stereocenters. The van der Waals surface area contributed by atoms with Gasteiger partial charge >= 0.3 is 6.18 Å². The van der Waals surface area contributed by atoms with Crippen LogP contribution >= 0.6 is 0 Å². The minimum absolute atomic E-state index is 0.0359. The number of hydrogen-bond acceptors (Lipinski definition) is 4. The van der Waals surface area contributed by atoms with Gasteiger partial charge in [-0.1, -0.05) is 6.42 Å². The van der Waals surface area contributed by atoms with Gasteiger partial charge in [-0.3, -0.25) is 4.79 Å². The number of nitrogens with one attached hydrogen (secondary N) is 2. The monoisotopic (exact) mass is 421 g/mol. The van der Waals surface area contributed by atoms with E-state index < -0.39 is 28.7 Å². The van der Waals surface area contributed by atoms with Gasteiger partial charge in [0.05, 0.1) is 4.90 Å². The molecule has 1 heterocycles. The first-order valence-corrected chi connectivity index (χ1v) is 10.8. The molecule has 1 fully saturated rings. The number of hydrogen-bond donors (Lipinski definition) is 2. The zero-order valence-corrected chi connectivity index (χ0v) is 16.6. The largest absolute Gasteiger partial charge is 0.405 e. The third-order valence-electron chi connectivity index (χ3n) is 4.73. The number of benzene rings is 1. The SMILES string of the molecule is CC1CCCCN1CCCNS(=O)(=O)c1ccc(C(=O)NCC(F)(F)F)cc1. The maximum atomic E-state index is 12.3. The number of halogens is 3. The van der Waals surface area contributed by atoms with Crippen LogP contribution in [0.4, 0.5) is 13.2 Å². The van der Waals surface area contributed by atoms with Crippen LogP contribution in [-0.2, 0) is 10.0 Å². The molecule has 0 aliphatic carbocycles. The van der Waals surface area contributed by atoms with Crippen molar-refractivity contribution in [2.75, 3.05) is 26.2 Å². The molecule has 1 aromatic rings. The number of alkyl halides is 3. The highest BCUT2D eigenvalue weighted by atomic mass is 32.2. The molecule has 1 amide bonds. The van der Waals surface area contributed by atoms with E-state index in [0.717, 1.165) is 19.5 Å². The van der Waals surface area contributed by atoms with Gasteiger partial charge in [0.15, 0.2) is 0 Å². The molecule has 0 bridgehead atoms. The summed E-state index contributed by atoms with van der Waals surface area (Å²) in [6.45, 7) is 2.88. The molecular weight excluding hydrogens is 395 g/mol. The van der Waals surface area contributed by atoms with Crippen LogP contribution < -0.4 is 10.0 Å². The van der Waals surface area contributed by atoms with Crippen molar-refractivity contribution >= 4 is 15.9 Å². The van der Waals surface area contributed by atoms with E-state index in [0.29, 0.717) is 19.0 Å². The zero-order valence-electron chi connectivity index (χ0n) is 15.8. The van der Waals surface area contributed by atoms with Gasteiger partial charge in [0.25, 0.3) is 5.91 Å². The maximum absolute atomic E-state index is 12.3. The van der Waals surface area contributed by atoms with E-state index in [2.05, 4.69) is 16.5 Å². The normalized spacial score (nSPS) is 18.8. The first kappa shape index (κ1) is 22.6. The van der Waals surface area contributed by atoms with Crippen LogP contribution in [0.25, 0.3) is 0 Å². The Morgan fingerprint density at radius 3 is 2.50 bits per heavy atom. The van der Waals surface area contributed by atoms with Crippen molar-refractivity contribution in [1.82, 2.24) is 14.9 Å². The second-order valence-corrected chi connectivity index (χ2v) is 8.72. The van der Waals surface area contributed by atoms with Crippen molar-refractivity contribution in [3.63, 3.8) is 0 Å². The van der Waals surface area contributed by atoms with Gasteiger partial charge in [-0.2, -0.15) is 13.2 Å². The van der Waals surface area contributed by atoms with Crippen molar-refractivity contribution in [2.45, 2.75) is 49.7 Å². The van der Waals surface area contributed by atoms with Crippen molar-refractivity contribution in [3.05, 3.63) is 29.8 Å². The van der Waals surface area contributed by atoms with Crippen molar-refractivity contribution in [1.29, 1.82) is 0 Å². The van der Waals surface area contributed by atoms with Gasteiger partial charge in [-0.05, 0) is 63.5 Å². The molecular formula is C18H26F3N3O3S. The second kappa shape index (κ2) is 9.71. The molecule has 1 aromatic carbocycles. The highest BCUT2D eigenvalue weighted by Gasteiger charge is 2.28. The fourth-order valence-corrected chi connectivity index (χ4v) is 4.20. The first-order chi connectivity index (χ1) is 13.1. The lowest BCUT2D eigenvalue weighted by molar-refractivity contribution is -0.123. The molecule has 28 heavy (non-hydrogen) atoms. The number of carbonyl (C=O) groups excluding carboxylic acids is 1. The summed E-state index contributed by atoms with van der Waals surface area (Å²) in [5.74, 6) is -0.912. The Morgan fingerprint density at radius 2 is 1.89 bits per heavy atom. The fraction of sp³-hybridized carbons (Fsp3) is 0.611. The number of amides is 1. The summed E-state index contributed by atoms with van der Waals surface area (Å²) in [5.41, 5.74) is -0.0395. The Bertz CT molecular complexity index is 752. The topological polar surface area (TPSA) is 78.5 Å². The van der Waals surface area contributed by atoms with Crippen LogP contribution in [-0.4, -0.2) is 57.6 Å². The number of piperidine rings is 1. The molecule has 1 aliphatic heterocycles. The van der Waals surface area contributed by atoms with Gasteiger partial charge in [-0.25, -0.2) is 13.1 Å². The van der Waals surface area contributed by atoms with Crippen LogP contribution in [0.3, 0.4) is 0 Å².